The molecule has 0 saturated heterocycles. The summed E-state index contributed by atoms with van der Waals surface area (Å²) >= 11 is 0. The van der Waals surface area contributed by atoms with E-state index in [-0.39, 0.29) is 48.0 Å². The summed E-state index contributed by atoms with van der Waals surface area (Å²) in [5.74, 6) is -1.35. The van der Waals surface area contributed by atoms with Gasteiger partial charge in [-0.2, -0.15) is 0 Å². The Balaban J connectivity index is 2.29. The number of nitrogens with two attached hydrogens (primary N) is 1. The van der Waals surface area contributed by atoms with Crippen LogP contribution in [-0.2, 0) is 30.3 Å². The number of carbonyl (C=O) groups excluding carboxylic acids is 4. The van der Waals surface area contributed by atoms with Crippen LogP contribution < -0.4 is 19.9 Å². The van der Waals surface area contributed by atoms with Gasteiger partial charge < -0.3 is 29.4 Å². The Labute approximate surface area is 247 Å². The first-order valence-electron chi connectivity index (χ1n) is 13.7. The van der Waals surface area contributed by atoms with Crippen LogP contribution in [-0.4, -0.2) is 42.8 Å². The molecule has 42 heavy (non-hydrogen) atoms. The number of hydrogen-bond donors (Lipinski definition) is 1. The van der Waals surface area contributed by atoms with Crippen LogP contribution in [0.2, 0.25) is 0 Å². The van der Waals surface area contributed by atoms with Crippen LogP contribution in [0.3, 0.4) is 0 Å². The molecule has 2 aromatic carbocycles. The van der Waals surface area contributed by atoms with Crippen molar-refractivity contribution in [2.45, 2.75) is 85.8 Å². The van der Waals surface area contributed by atoms with Gasteiger partial charge in [0.15, 0.2) is 11.5 Å². The van der Waals surface area contributed by atoms with Gasteiger partial charge in [-0.05, 0) is 47.6 Å². The van der Waals surface area contributed by atoms with Gasteiger partial charge in [0.2, 0.25) is 0 Å². The topological polar surface area (TPSA) is 140 Å². The Morgan fingerprint density at radius 3 is 1.86 bits per heavy atom. The Morgan fingerprint density at radius 1 is 0.786 bits per heavy atom. The van der Waals surface area contributed by atoms with E-state index < -0.39 is 35.7 Å². The molecule has 0 saturated carbocycles. The fraction of sp³-hybridized carbons (Fsp3) is 0.500. The molecule has 1 unspecified atom stereocenters. The predicted molar refractivity (Wildman–Crippen MR) is 156 cm³/mol. The van der Waals surface area contributed by atoms with Crippen molar-refractivity contribution in [1.29, 1.82) is 0 Å². The molecule has 0 heterocycles. The lowest BCUT2D eigenvalue weighted by Gasteiger charge is -2.29. The van der Waals surface area contributed by atoms with Gasteiger partial charge in [-0.25, -0.2) is 4.79 Å². The molecule has 2 aromatic rings. The number of benzene rings is 2. The zero-order chi connectivity index (χ0) is 31.7. The van der Waals surface area contributed by atoms with E-state index in [1.807, 2.05) is 41.5 Å². The summed E-state index contributed by atoms with van der Waals surface area (Å²) < 4.78 is 26.6. The first-order chi connectivity index (χ1) is 19.4. The summed E-state index contributed by atoms with van der Waals surface area (Å²) in [4.78, 5) is 50.4. The van der Waals surface area contributed by atoms with Crippen molar-refractivity contribution in [2.24, 2.45) is 16.6 Å². The maximum Gasteiger partial charge on any atom is 0.514 e. The third kappa shape index (κ3) is 11.9. The van der Waals surface area contributed by atoms with Gasteiger partial charge in [0, 0.05) is 12.8 Å². The molecule has 0 amide bonds. The van der Waals surface area contributed by atoms with E-state index in [9.17, 15) is 19.2 Å². The predicted octanol–water partition coefficient (Wildman–Crippen LogP) is 5.78. The zero-order valence-electron chi connectivity index (χ0n) is 25.8. The highest BCUT2D eigenvalue weighted by atomic mass is 16.7. The number of carbonyl (C=O) groups is 4. The van der Waals surface area contributed by atoms with Crippen LogP contribution in [0.5, 0.6) is 17.2 Å². The average molecular weight is 586 g/mol. The molecule has 0 aliphatic rings. The minimum Gasteiger partial charge on any atom is -0.468 e. The van der Waals surface area contributed by atoms with Crippen LogP contribution >= 0.6 is 0 Å². The summed E-state index contributed by atoms with van der Waals surface area (Å²) in [5.41, 5.74) is 4.75. The average Bonchev–Trinajstić information content (AvgIpc) is 2.83. The highest BCUT2D eigenvalue weighted by Gasteiger charge is 2.38. The lowest BCUT2D eigenvalue weighted by atomic mass is 9.86. The van der Waals surface area contributed by atoms with E-state index in [2.05, 4.69) is 0 Å². The lowest BCUT2D eigenvalue weighted by molar-refractivity contribution is -0.148. The van der Waals surface area contributed by atoms with Crippen molar-refractivity contribution in [3.63, 3.8) is 0 Å². The number of esters is 3. The van der Waals surface area contributed by atoms with E-state index in [0.717, 1.165) is 0 Å². The van der Waals surface area contributed by atoms with Crippen molar-refractivity contribution in [1.82, 2.24) is 0 Å². The van der Waals surface area contributed by atoms with E-state index in [0.29, 0.717) is 11.3 Å². The van der Waals surface area contributed by atoms with Crippen LogP contribution in [0.1, 0.15) is 73.3 Å². The number of hydrogen-bond acceptors (Lipinski definition) is 10. The molecular formula is C32H43NO9. The fourth-order valence-corrected chi connectivity index (χ4v) is 4.13. The molecule has 0 fully saturated rings. The summed E-state index contributed by atoms with van der Waals surface area (Å²) in [5, 5.41) is 0. The first kappa shape index (κ1) is 34.3. The molecule has 0 spiro atoms. The Morgan fingerprint density at radius 2 is 1.33 bits per heavy atom. The minimum atomic E-state index is -1.63. The largest absolute Gasteiger partial charge is 0.514 e. The van der Waals surface area contributed by atoms with E-state index >= 15 is 0 Å². The van der Waals surface area contributed by atoms with Crippen molar-refractivity contribution in [3.8, 4) is 17.2 Å². The van der Waals surface area contributed by atoms with Gasteiger partial charge in [-0.3, -0.25) is 14.4 Å². The normalized spacial score (nSPS) is 13.7. The molecule has 0 radical (unpaired) electrons. The first-order valence-corrected chi connectivity index (χ1v) is 13.7. The maximum absolute atomic E-state index is 12.8. The van der Waals surface area contributed by atoms with Crippen LogP contribution in [0.15, 0.2) is 48.5 Å². The third-order valence-electron chi connectivity index (χ3n) is 5.81. The molecule has 10 heteroatoms. The number of ether oxygens (including phenoxy) is 5. The number of para-hydroxylation sites is 1. The van der Waals surface area contributed by atoms with Gasteiger partial charge in [-0.15, -0.1) is 0 Å². The van der Waals surface area contributed by atoms with E-state index in [1.165, 1.54) is 19.2 Å². The van der Waals surface area contributed by atoms with Crippen LogP contribution in [0.4, 0.5) is 4.79 Å². The third-order valence-corrected chi connectivity index (χ3v) is 5.81. The van der Waals surface area contributed by atoms with Crippen molar-refractivity contribution < 1.29 is 42.9 Å². The molecule has 0 aliphatic heterocycles. The monoisotopic (exact) mass is 585 g/mol. The molecule has 10 nitrogen and oxygen atoms in total. The molecular weight excluding hydrogens is 542 g/mol. The van der Waals surface area contributed by atoms with Crippen molar-refractivity contribution in [3.05, 3.63) is 54.1 Å². The van der Waals surface area contributed by atoms with Gasteiger partial charge in [0.05, 0.1) is 20.0 Å². The Kier molecular flexibility index (Phi) is 11.7. The van der Waals surface area contributed by atoms with Crippen LogP contribution in [0.25, 0.3) is 0 Å². The lowest BCUT2D eigenvalue weighted by Crippen LogP contribution is -2.53. The zero-order valence-corrected chi connectivity index (χ0v) is 25.8. The summed E-state index contributed by atoms with van der Waals surface area (Å²) in [7, 11) is 1.20. The van der Waals surface area contributed by atoms with Gasteiger partial charge in [0.1, 0.15) is 17.4 Å². The standard InChI is InChI=1S/C32H43NO9/c1-21(39-29(37)40-23-12-10-9-11-13-23)17-32(33,28(36)38-8)18-22-14-15-24(41-26(34)19-30(2,3)4)25(16-22)42-27(35)20-31(5,6)7/h9-16,21H,17-20,33H2,1-8H3/t21-,32?/m0/s1. The second-order valence-corrected chi connectivity index (χ2v) is 12.8. The second-order valence-electron chi connectivity index (χ2n) is 12.8. The van der Waals surface area contributed by atoms with Crippen molar-refractivity contribution in [2.75, 3.05) is 7.11 Å². The highest BCUT2D eigenvalue weighted by molar-refractivity contribution is 5.81. The summed E-state index contributed by atoms with van der Waals surface area (Å²) in [6.45, 7) is 13.0. The molecule has 0 aliphatic carbocycles. The molecule has 2 rings (SSSR count). The Bertz CT molecular complexity index is 1240. The molecule has 0 aromatic heterocycles. The Hall–Kier alpha value is -3.92. The fourth-order valence-electron chi connectivity index (χ4n) is 4.13. The number of rotatable bonds is 11. The second kappa shape index (κ2) is 14.3. The SMILES string of the molecule is COC(=O)C(N)(Cc1ccc(OC(=O)CC(C)(C)C)c(OC(=O)CC(C)(C)C)c1)C[C@H](C)OC(=O)Oc1ccccc1. The molecule has 0 bridgehead atoms. The van der Waals surface area contributed by atoms with Gasteiger partial charge >= 0.3 is 24.1 Å². The van der Waals surface area contributed by atoms with Gasteiger partial charge in [-0.1, -0.05) is 65.8 Å². The molecule has 2 N–H and O–H groups in total. The highest BCUT2D eigenvalue weighted by Crippen LogP contribution is 2.33. The maximum atomic E-state index is 12.8. The summed E-state index contributed by atoms with van der Waals surface area (Å²) in [6.07, 6.45) is -1.69. The smallest absolute Gasteiger partial charge is 0.468 e. The van der Waals surface area contributed by atoms with E-state index in [1.54, 1.807) is 43.3 Å². The van der Waals surface area contributed by atoms with E-state index in [4.69, 9.17) is 29.4 Å². The summed E-state index contributed by atoms with van der Waals surface area (Å²) in [6, 6.07) is 13.0. The molecule has 230 valence electrons. The van der Waals surface area contributed by atoms with Crippen LogP contribution in [0, 0.1) is 10.8 Å². The number of methoxy groups -OCH3 is 1. The minimum absolute atomic E-state index is 0.0203. The van der Waals surface area contributed by atoms with Crippen molar-refractivity contribution >= 4 is 24.1 Å². The molecule has 2 atom stereocenters. The quantitative estimate of drug-likeness (QED) is 0.196. The van der Waals surface area contributed by atoms with Gasteiger partial charge in [0.25, 0.3) is 0 Å².